The summed E-state index contributed by atoms with van der Waals surface area (Å²) in [6, 6.07) is 0. The fraction of sp³-hybridized carbons (Fsp3) is 0.444. The molecular formula is C9H14N4O. The number of carbonyl (C=O) groups excluding carboxylic acids is 1. The first-order valence-corrected chi connectivity index (χ1v) is 4.42. The topological polar surface area (TPSA) is 58.1 Å². The molecule has 76 valence electrons. The number of nitrogens with zero attached hydrogens (tertiary/aromatic N) is 3. The predicted molar refractivity (Wildman–Crippen MR) is 54.2 cm³/mol. The fourth-order valence-electron chi connectivity index (χ4n) is 0.940. The average Bonchev–Trinajstić information content (AvgIpc) is 2.18. The molecule has 0 atom stereocenters. The summed E-state index contributed by atoms with van der Waals surface area (Å²) in [6.07, 6.45) is 3.03. The lowest BCUT2D eigenvalue weighted by Gasteiger charge is -2.09. The number of anilines is 1. The van der Waals surface area contributed by atoms with E-state index >= 15 is 0 Å². The third kappa shape index (κ3) is 2.42. The van der Waals surface area contributed by atoms with Crippen LogP contribution in [0, 0.1) is 0 Å². The van der Waals surface area contributed by atoms with Crippen molar-refractivity contribution in [3.8, 4) is 0 Å². The van der Waals surface area contributed by atoms with E-state index < -0.39 is 0 Å². The van der Waals surface area contributed by atoms with E-state index in [4.69, 9.17) is 0 Å². The molecule has 1 rings (SSSR count). The highest BCUT2D eigenvalue weighted by Crippen LogP contribution is 2.01. The van der Waals surface area contributed by atoms with Crippen molar-refractivity contribution < 1.29 is 4.79 Å². The molecule has 0 aliphatic rings. The lowest BCUT2D eigenvalue weighted by atomic mass is 10.4. The first-order valence-electron chi connectivity index (χ1n) is 4.42. The molecule has 1 amide bonds. The van der Waals surface area contributed by atoms with E-state index in [1.54, 1.807) is 20.3 Å². The van der Waals surface area contributed by atoms with Crippen LogP contribution in [-0.4, -0.2) is 41.4 Å². The van der Waals surface area contributed by atoms with E-state index in [0.29, 0.717) is 11.5 Å². The Balaban J connectivity index is 2.78. The second-order valence-electron chi connectivity index (χ2n) is 3.02. The van der Waals surface area contributed by atoms with Crippen molar-refractivity contribution in [3.63, 3.8) is 0 Å². The minimum Gasteiger partial charge on any atom is -0.369 e. The van der Waals surface area contributed by atoms with Crippen molar-refractivity contribution in [2.24, 2.45) is 0 Å². The fourth-order valence-corrected chi connectivity index (χ4v) is 0.940. The molecule has 0 bridgehead atoms. The minimum atomic E-state index is -0.138. The Hall–Kier alpha value is -1.65. The van der Waals surface area contributed by atoms with Gasteiger partial charge < -0.3 is 10.2 Å². The standard InChI is InChI=1S/C9H14N4O/c1-4-10-8-6-11-7(5-12-8)9(14)13(2)3/h5-6H,4H2,1-3H3,(H,10,12). The van der Waals surface area contributed by atoms with E-state index in [0.717, 1.165) is 6.54 Å². The lowest BCUT2D eigenvalue weighted by Crippen LogP contribution is -2.23. The summed E-state index contributed by atoms with van der Waals surface area (Å²) in [7, 11) is 3.37. The van der Waals surface area contributed by atoms with Crippen molar-refractivity contribution in [3.05, 3.63) is 18.1 Å². The summed E-state index contributed by atoms with van der Waals surface area (Å²) in [5.41, 5.74) is 0.358. The molecule has 0 fully saturated rings. The number of hydrogen-bond donors (Lipinski definition) is 1. The molecule has 0 aromatic carbocycles. The molecule has 1 N–H and O–H groups in total. The third-order valence-electron chi connectivity index (χ3n) is 1.64. The van der Waals surface area contributed by atoms with Gasteiger partial charge in [0.25, 0.3) is 5.91 Å². The van der Waals surface area contributed by atoms with E-state index in [2.05, 4.69) is 15.3 Å². The van der Waals surface area contributed by atoms with Crippen molar-refractivity contribution in [2.75, 3.05) is 26.0 Å². The maximum Gasteiger partial charge on any atom is 0.273 e. The van der Waals surface area contributed by atoms with Gasteiger partial charge in [0.2, 0.25) is 0 Å². The highest BCUT2D eigenvalue weighted by atomic mass is 16.2. The Morgan fingerprint density at radius 1 is 1.43 bits per heavy atom. The van der Waals surface area contributed by atoms with Crippen LogP contribution >= 0.6 is 0 Å². The van der Waals surface area contributed by atoms with Crippen LogP contribution in [0.25, 0.3) is 0 Å². The summed E-state index contributed by atoms with van der Waals surface area (Å²) in [5.74, 6) is 0.545. The molecule has 5 heteroatoms. The van der Waals surface area contributed by atoms with Gasteiger partial charge in [-0.1, -0.05) is 0 Å². The molecule has 0 saturated heterocycles. The largest absolute Gasteiger partial charge is 0.369 e. The van der Waals surface area contributed by atoms with Crippen molar-refractivity contribution >= 4 is 11.7 Å². The van der Waals surface area contributed by atoms with E-state index in [1.165, 1.54) is 11.1 Å². The summed E-state index contributed by atoms with van der Waals surface area (Å²) in [6.45, 7) is 2.76. The number of nitrogens with one attached hydrogen (secondary N) is 1. The van der Waals surface area contributed by atoms with E-state index in [-0.39, 0.29) is 5.91 Å². The van der Waals surface area contributed by atoms with Crippen LogP contribution in [0.1, 0.15) is 17.4 Å². The normalized spacial score (nSPS) is 9.64. The second kappa shape index (κ2) is 4.55. The van der Waals surface area contributed by atoms with E-state index in [9.17, 15) is 4.79 Å². The van der Waals surface area contributed by atoms with Crippen molar-refractivity contribution in [1.29, 1.82) is 0 Å². The third-order valence-corrected chi connectivity index (χ3v) is 1.64. The van der Waals surface area contributed by atoms with Gasteiger partial charge in [0.15, 0.2) is 0 Å². The maximum absolute atomic E-state index is 11.4. The molecule has 1 aromatic rings. The Labute approximate surface area is 83.2 Å². The van der Waals surface area contributed by atoms with Gasteiger partial charge in [-0.3, -0.25) is 4.79 Å². The van der Waals surface area contributed by atoms with Crippen molar-refractivity contribution in [1.82, 2.24) is 14.9 Å². The molecule has 1 heterocycles. The van der Waals surface area contributed by atoms with Crippen molar-refractivity contribution in [2.45, 2.75) is 6.92 Å². The van der Waals surface area contributed by atoms with Crippen LogP contribution < -0.4 is 5.32 Å². The maximum atomic E-state index is 11.4. The summed E-state index contributed by atoms with van der Waals surface area (Å²) in [5, 5.41) is 3.00. The average molecular weight is 194 g/mol. The van der Waals surface area contributed by atoms with Crippen LogP contribution in [0.15, 0.2) is 12.4 Å². The van der Waals surface area contributed by atoms with Crippen LogP contribution in [0.3, 0.4) is 0 Å². The Kier molecular flexibility index (Phi) is 3.39. The van der Waals surface area contributed by atoms with Gasteiger partial charge in [-0.2, -0.15) is 0 Å². The molecule has 5 nitrogen and oxygen atoms in total. The van der Waals surface area contributed by atoms with Gasteiger partial charge in [0, 0.05) is 20.6 Å². The zero-order valence-electron chi connectivity index (χ0n) is 8.61. The van der Waals surface area contributed by atoms with Crippen LogP contribution in [0.5, 0.6) is 0 Å². The summed E-state index contributed by atoms with van der Waals surface area (Å²) >= 11 is 0. The van der Waals surface area contributed by atoms with Gasteiger partial charge in [-0.15, -0.1) is 0 Å². The first kappa shape index (κ1) is 10.4. The SMILES string of the molecule is CCNc1cnc(C(=O)N(C)C)cn1. The molecule has 0 radical (unpaired) electrons. The summed E-state index contributed by atoms with van der Waals surface area (Å²) < 4.78 is 0. The number of hydrogen-bond acceptors (Lipinski definition) is 4. The zero-order chi connectivity index (χ0) is 10.6. The number of carbonyl (C=O) groups is 1. The molecule has 0 spiro atoms. The highest BCUT2D eigenvalue weighted by Gasteiger charge is 2.09. The predicted octanol–water partition coefficient (Wildman–Crippen LogP) is 0.610. The quantitative estimate of drug-likeness (QED) is 0.766. The van der Waals surface area contributed by atoms with E-state index in [1.807, 2.05) is 6.92 Å². The first-order chi connectivity index (χ1) is 6.65. The van der Waals surface area contributed by atoms with Gasteiger partial charge in [-0.25, -0.2) is 9.97 Å². The van der Waals surface area contributed by atoms with Crippen LogP contribution in [0.4, 0.5) is 5.82 Å². The monoisotopic (exact) mass is 194 g/mol. The molecule has 0 aliphatic carbocycles. The highest BCUT2D eigenvalue weighted by molar-refractivity contribution is 5.91. The second-order valence-corrected chi connectivity index (χ2v) is 3.02. The van der Waals surface area contributed by atoms with Gasteiger partial charge >= 0.3 is 0 Å². The molecular weight excluding hydrogens is 180 g/mol. The van der Waals surface area contributed by atoms with Gasteiger partial charge in [0.1, 0.15) is 11.5 Å². The number of rotatable bonds is 3. The Morgan fingerprint density at radius 2 is 2.14 bits per heavy atom. The summed E-state index contributed by atoms with van der Waals surface area (Å²) in [4.78, 5) is 20.9. The Bertz CT molecular complexity index is 307. The minimum absolute atomic E-state index is 0.138. The molecule has 0 aliphatic heterocycles. The number of amides is 1. The Morgan fingerprint density at radius 3 is 2.57 bits per heavy atom. The number of aromatic nitrogens is 2. The van der Waals surface area contributed by atoms with Gasteiger partial charge in [0.05, 0.1) is 12.4 Å². The molecule has 14 heavy (non-hydrogen) atoms. The van der Waals surface area contributed by atoms with Crippen LogP contribution in [0.2, 0.25) is 0 Å². The van der Waals surface area contributed by atoms with Crippen LogP contribution in [-0.2, 0) is 0 Å². The molecule has 1 aromatic heterocycles. The lowest BCUT2D eigenvalue weighted by molar-refractivity contribution is 0.0821. The zero-order valence-corrected chi connectivity index (χ0v) is 8.61. The molecule has 0 saturated carbocycles. The molecule has 0 unspecified atom stereocenters. The smallest absolute Gasteiger partial charge is 0.273 e. The van der Waals surface area contributed by atoms with Gasteiger partial charge in [-0.05, 0) is 6.92 Å².